The Morgan fingerprint density at radius 1 is 1.20 bits per heavy atom. The van der Waals surface area contributed by atoms with Crippen LogP contribution in [0.15, 0.2) is 45.9 Å². The average molecular weight is 268 g/mol. The van der Waals surface area contributed by atoms with Gasteiger partial charge in [0.1, 0.15) is 5.76 Å². The molecule has 1 N–H and O–H groups in total. The van der Waals surface area contributed by atoms with Crippen LogP contribution in [0.2, 0.25) is 0 Å². The van der Waals surface area contributed by atoms with Crippen molar-refractivity contribution in [2.45, 2.75) is 26.2 Å². The molecule has 0 fully saturated rings. The van der Waals surface area contributed by atoms with Gasteiger partial charge in [0.2, 0.25) is 0 Å². The van der Waals surface area contributed by atoms with E-state index >= 15 is 0 Å². The van der Waals surface area contributed by atoms with Gasteiger partial charge in [-0.2, -0.15) is 5.10 Å². The first-order valence-corrected chi connectivity index (χ1v) is 6.75. The van der Waals surface area contributed by atoms with Crippen LogP contribution in [-0.4, -0.2) is 11.6 Å². The van der Waals surface area contributed by atoms with Crippen molar-refractivity contribution >= 4 is 11.6 Å². The van der Waals surface area contributed by atoms with Crippen LogP contribution in [0, 0.1) is 6.92 Å². The summed E-state index contributed by atoms with van der Waals surface area (Å²) in [5.74, 6) is 0.690. The third-order valence-corrected chi connectivity index (χ3v) is 3.44. The van der Waals surface area contributed by atoms with Crippen LogP contribution in [-0.2, 0) is 6.42 Å². The summed E-state index contributed by atoms with van der Waals surface area (Å²) >= 11 is 0. The number of hydrazone groups is 1. The smallest absolute Gasteiger partial charge is 0.307 e. The van der Waals surface area contributed by atoms with E-state index in [1.54, 1.807) is 19.1 Å². The molecule has 3 rings (SSSR count). The lowest BCUT2D eigenvalue weighted by Crippen LogP contribution is -2.21. The summed E-state index contributed by atoms with van der Waals surface area (Å²) < 4.78 is 5.27. The number of aryl methyl sites for hydroxylation is 2. The second kappa shape index (κ2) is 5.33. The summed E-state index contributed by atoms with van der Waals surface area (Å²) in [6.45, 7) is 1.81. The number of fused-ring (bicyclic) bond motifs is 1. The molecular weight excluding hydrogens is 252 g/mol. The van der Waals surface area contributed by atoms with Gasteiger partial charge in [0.25, 0.3) is 0 Å². The number of benzene rings is 1. The molecule has 2 aromatic rings. The second-order valence-corrected chi connectivity index (χ2v) is 4.92. The van der Waals surface area contributed by atoms with E-state index in [9.17, 15) is 4.79 Å². The number of rotatable bonds is 2. The summed E-state index contributed by atoms with van der Waals surface area (Å²) in [5.41, 5.74) is 5.94. The Morgan fingerprint density at radius 2 is 2.05 bits per heavy atom. The molecule has 0 atom stereocenters. The molecule has 1 amide bonds. The topological polar surface area (TPSA) is 54.6 Å². The van der Waals surface area contributed by atoms with Crippen LogP contribution in [0.25, 0.3) is 0 Å². The van der Waals surface area contributed by atoms with Crippen LogP contribution in [0.5, 0.6) is 0 Å². The van der Waals surface area contributed by atoms with Gasteiger partial charge in [0.15, 0.2) is 5.76 Å². The number of furan rings is 1. The molecule has 1 aliphatic carbocycles. The van der Waals surface area contributed by atoms with Crippen LogP contribution in [0.1, 0.15) is 40.3 Å². The molecule has 0 bridgehead atoms. The van der Waals surface area contributed by atoms with E-state index in [-0.39, 0.29) is 11.7 Å². The summed E-state index contributed by atoms with van der Waals surface area (Å²) in [6.07, 6.45) is 3.01. The molecule has 1 aliphatic rings. The molecule has 1 heterocycles. The maximum Gasteiger partial charge on any atom is 0.307 e. The molecule has 0 aliphatic heterocycles. The summed E-state index contributed by atoms with van der Waals surface area (Å²) in [7, 11) is 0. The molecule has 1 aromatic carbocycles. The maximum atomic E-state index is 11.9. The lowest BCUT2D eigenvalue weighted by Gasteiger charge is -2.17. The number of nitrogens with one attached hydrogen (secondary N) is 1. The van der Waals surface area contributed by atoms with Crippen molar-refractivity contribution in [1.29, 1.82) is 0 Å². The van der Waals surface area contributed by atoms with Crippen LogP contribution < -0.4 is 5.43 Å². The fourth-order valence-corrected chi connectivity index (χ4v) is 2.45. The van der Waals surface area contributed by atoms with E-state index in [0.29, 0.717) is 5.76 Å². The number of hydrogen-bond donors (Lipinski definition) is 1. The van der Waals surface area contributed by atoms with E-state index in [1.165, 1.54) is 5.56 Å². The standard InChI is InChI=1S/C16H16N2O2/c1-11-9-10-15(20-11)16(19)18-17-14-8-4-6-12-5-2-3-7-13(12)14/h2-3,5,7,9-10H,4,6,8H2,1H3,(H,18,19). The quantitative estimate of drug-likeness (QED) is 0.851. The first kappa shape index (κ1) is 12.7. The summed E-state index contributed by atoms with van der Waals surface area (Å²) in [4.78, 5) is 11.9. The van der Waals surface area contributed by atoms with Crippen molar-refractivity contribution in [3.05, 3.63) is 59.0 Å². The van der Waals surface area contributed by atoms with Crippen molar-refractivity contribution < 1.29 is 9.21 Å². The third kappa shape index (κ3) is 2.50. The van der Waals surface area contributed by atoms with Crippen molar-refractivity contribution in [1.82, 2.24) is 5.43 Å². The van der Waals surface area contributed by atoms with Gasteiger partial charge in [0, 0.05) is 5.56 Å². The minimum atomic E-state index is -0.311. The van der Waals surface area contributed by atoms with Gasteiger partial charge in [0.05, 0.1) is 5.71 Å². The molecule has 0 unspecified atom stereocenters. The highest BCUT2D eigenvalue weighted by atomic mass is 16.3. The van der Waals surface area contributed by atoms with Crippen molar-refractivity contribution in [3.8, 4) is 0 Å². The maximum absolute atomic E-state index is 11.9. The molecule has 0 saturated carbocycles. The minimum Gasteiger partial charge on any atom is -0.456 e. The fraction of sp³-hybridized carbons (Fsp3) is 0.250. The highest BCUT2D eigenvalue weighted by Gasteiger charge is 2.16. The first-order chi connectivity index (χ1) is 9.74. The SMILES string of the molecule is Cc1ccc(C(=O)NN=C2CCCc3ccccc32)o1. The fourth-order valence-electron chi connectivity index (χ4n) is 2.45. The zero-order valence-corrected chi connectivity index (χ0v) is 11.3. The van der Waals surface area contributed by atoms with E-state index < -0.39 is 0 Å². The summed E-state index contributed by atoms with van der Waals surface area (Å²) in [5, 5.41) is 4.27. The van der Waals surface area contributed by atoms with Crippen molar-refractivity contribution in [2.24, 2.45) is 5.10 Å². The Bertz CT molecular complexity index is 671. The van der Waals surface area contributed by atoms with Crippen LogP contribution in [0.3, 0.4) is 0 Å². The Hall–Kier alpha value is -2.36. The number of hydrogen-bond acceptors (Lipinski definition) is 3. The molecule has 20 heavy (non-hydrogen) atoms. The normalized spacial score (nSPS) is 15.9. The number of carbonyl (C=O) groups is 1. The van der Waals surface area contributed by atoms with Crippen LogP contribution in [0.4, 0.5) is 0 Å². The van der Waals surface area contributed by atoms with Gasteiger partial charge in [-0.05, 0) is 43.9 Å². The number of amides is 1. The largest absolute Gasteiger partial charge is 0.456 e. The molecule has 0 spiro atoms. The zero-order valence-electron chi connectivity index (χ0n) is 11.3. The Balaban J connectivity index is 1.79. The minimum absolute atomic E-state index is 0.288. The van der Waals surface area contributed by atoms with Gasteiger partial charge < -0.3 is 4.42 Å². The van der Waals surface area contributed by atoms with E-state index in [1.807, 2.05) is 12.1 Å². The Morgan fingerprint density at radius 3 is 2.85 bits per heavy atom. The first-order valence-electron chi connectivity index (χ1n) is 6.75. The number of nitrogens with zero attached hydrogens (tertiary/aromatic N) is 1. The molecule has 102 valence electrons. The third-order valence-electron chi connectivity index (χ3n) is 3.44. The molecule has 4 heteroatoms. The highest BCUT2D eigenvalue weighted by molar-refractivity contribution is 6.03. The zero-order chi connectivity index (χ0) is 13.9. The monoisotopic (exact) mass is 268 g/mol. The molecule has 1 aromatic heterocycles. The van der Waals surface area contributed by atoms with Crippen molar-refractivity contribution in [2.75, 3.05) is 0 Å². The highest BCUT2D eigenvalue weighted by Crippen LogP contribution is 2.21. The van der Waals surface area contributed by atoms with E-state index in [4.69, 9.17) is 4.42 Å². The van der Waals surface area contributed by atoms with Gasteiger partial charge in [-0.1, -0.05) is 24.3 Å². The second-order valence-electron chi connectivity index (χ2n) is 4.92. The predicted molar refractivity (Wildman–Crippen MR) is 76.8 cm³/mol. The van der Waals surface area contributed by atoms with Crippen LogP contribution >= 0.6 is 0 Å². The molecular formula is C16H16N2O2. The van der Waals surface area contributed by atoms with Gasteiger partial charge in [-0.3, -0.25) is 4.79 Å². The molecule has 0 saturated heterocycles. The Kier molecular flexibility index (Phi) is 3.37. The Labute approximate surface area is 117 Å². The van der Waals surface area contributed by atoms with E-state index in [2.05, 4.69) is 22.7 Å². The summed E-state index contributed by atoms with van der Waals surface area (Å²) in [6, 6.07) is 11.6. The van der Waals surface area contributed by atoms with Gasteiger partial charge in [-0.15, -0.1) is 0 Å². The van der Waals surface area contributed by atoms with Crippen molar-refractivity contribution in [3.63, 3.8) is 0 Å². The number of carbonyl (C=O) groups excluding carboxylic acids is 1. The molecule has 4 nitrogen and oxygen atoms in total. The van der Waals surface area contributed by atoms with E-state index in [0.717, 1.165) is 30.5 Å². The average Bonchev–Trinajstić information content (AvgIpc) is 2.91. The van der Waals surface area contributed by atoms with Gasteiger partial charge in [-0.25, -0.2) is 5.43 Å². The van der Waals surface area contributed by atoms with Gasteiger partial charge >= 0.3 is 5.91 Å². The lowest BCUT2D eigenvalue weighted by atomic mass is 9.90. The predicted octanol–water partition coefficient (Wildman–Crippen LogP) is 3.06. The lowest BCUT2D eigenvalue weighted by molar-refractivity contribution is 0.0926. The molecule has 0 radical (unpaired) electrons.